The Labute approximate surface area is 137 Å². The largest absolute Gasteiger partial charge is 0.342 e. The van der Waals surface area contributed by atoms with Crippen LogP contribution in [-0.4, -0.2) is 38.1 Å². The number of aryl methyl sites for hydroxylation is 1. The molecule has 1 amide bonds. The van der Waals surface area contributed by atoms with Crippen molar-refractivity contribution in [1.82, 2.24) is 19.1 Å². The van der Waals surface area contributed by atoms with Crippen molar-refractivity contribution >= 4 is 33.0 Å². The Morgan fingerprint density at radius 1 is 1.30 bits per heavy atom. The minimum Gasteiger partial charge on any atom is -0.342 e. The van der Waals surface area contributed by atoms with E-state index in [1.165, 1.54) is 4.68 Å². The van der Waals surface area contributed by atoms with Crippen LogP contribution >= 0.6 is 11.3 Å². The van der Waals surface area contributed by atoms with Gasteiger partial charge in [0.1, 0.15) is 22.7 Å². The van der Waals surface area contributed by atoms with Crippen LogP contribution < -0.4 is 5.56 Å². The Morgan fingerprint density at radius 2 is 2.04 bits per heavy atom. The van der Waals surface area contributed by atoms with Gasteiger partial charge >= 0.3 is 0 Å². The molecular weight excluding hydrogens is 312 g/mol. The lowest BCUT2D eigenvalue weighted by Gasteiger charge is -2.19. The van der Waals surface area contributed by atoms with E-state index < -0.39 is 0 Å². The van der Waals surface area contributed by atoms with Crippen LogP contribution in [0, 0.1) is 0 Å². The van der Waals surface area contributed by atoms with Gasteiger partial charge in [-0.05, 0) is 31.4 Å². The van der Waals surface area contributed by atoms with E-state index in [0.29, 0.717) is 25.0 Å². The highest BCUT2D eigenvalue weighted by atomic mass is 32.1. The second-order valence-corrected chi connectivity index (χ2v) is 6.24. The molecule has 23 heavy (non-hydrogen) atoms. The van der Waals surface area contributed by atoms with E-state index in [-0.39, 0.29) is 18.0 Å². The van der Waals surface area contributed by atoms with Gasteiger partial charge in [0.2, 0.25) is 5.91 Å². The molecule has 0 fully saturated rings. The quantitative estimate of drug-likeness (QED) is 0.719. The summed E-state index contributed by atoms with van der Waals surface area (Å²) in [7, 11) is 0. The number of hydrogen-bond acceptors (Lipinski definition) is 4. The molecule has 0 aromatic carbocycles. The average Bonchev–Trinajstić information content (AvgIpc) is 3.12. The lowest BCUT2D eigenvalue weighted by atomic mass is 10.4. The van der Waals surface area contributed by atoms with Crippen LogP contribution in [-0.2, 0) is 17.8 Å². The van der Waals surface area contributed by atoms with Crippen LogP contribution in [0.2, 0.25) is 0 Å². The molecule has 0 radical (unpaired) electrons. The molecule has 0 bridgehead atoms. The maximum atomic E-state index is 12.7. The van der Waals surface area contributed by atoms with Crippen molar-refractivity contribution in [3.63, 3.8) is 0 Å². The van der Waals surface area contributed by atoms with Crippen LogP contribution in [0.1, 0.15) is 26.6 Å². The number of carbonyl (C=O) groups is 1. The Kier molecular flexibility index (Phi) is 4.21. The highest BCUT2D eigenvalue weighted by Crippen LogP contribution is 2.24. The van der Waals surface area contributed by atoms with Crippen molar-refractivity contribution in [3.05, 3.63) is 33.7 Å². The first-order chi connectivity index (χ1) is 11.1. The molecule has 0 aliphatic carbocycles. The lowest BCUT2D eigenvalue weighted by Crippen LogP contribution is -2.38. The number of aromatic nitrogens is 3. The number of fused-ring (bicyclic) bond motifs is 3. The van der Waals surface area contributed by atoms with Crippen molar-refractivity contribution < 1.29 is 4.79 Å². The highest BCUT2D eigenvalue weighted by molar-refractivity contribution is 7.16. The van der Waals surface area contributed by atoms with Crippen LogP contribution in [0.3, 0.4) is 0 Å². The van der Waals surface area contributed by atoms with Gasteiger partial charge in [-0.25, -0.2) is 4.68 Å². The standard InChI is InChI=1S/C16H20N4O2S/c1-4-13-17-19(10-14(21)18(5-2)6-3)15(22)12-9-11-7-8-23-16(11)20(12)13/h7-9H,4-6,10H2,1-3H3. The third kappa shape index (κ3) is 2.55. The van der Waals surface area contributed by atoms with Crippen molar-refractivity contribution in [2.45, 2.75) is 33.7 Å². The predicted octanol–water partition coefficient (Wildman–Crippen LogP) is 2.14. The molecule has 0 spiro atoms. The summed E-state index contributed by atoms with van der Waals surface area (Å²) < 4.78 is 3.22. The minimum absolute atomic E-state index is 0.0111. The number of rotatable bonds is 5. The monoisotopic (exact) mass is 332 g/mol. The van der Waals surface area contributed by atoms with Crippen molar-refractivity contribution in [2.24, 2.45) is 0 Å². The van der Waals surface area contributed by atoms with E-state index in [1.807, 2.05) is 42.7 Å². The first kappa shape index (κ1) is 15.7. The summed E-state index contributed by atoms with van der Waals surface area (Å²) in [4.78, 5) is 27.8. The maximum Gasteiger partial charge on any atom is 0.291 e. The molecule has 122 valence electrons. The molecule has 6 nitrogen and oxygen atoms in total. The second-order valence-electron chi connectivity index (χ2n) is 5.34. The van der Waals surface area contributed by atoms with Crippen LogP contribution in [0.4, 0.5) is 0 Å². The number of hydrogen-bond donors (Lipinski definition) is 0. The summed E-state index contributed by atoms with van der Waals surface area (Å²) in [6.07, 6.45) is 0.692. The molecule has 0 aliphatic heterocycles. The molecule has 0 saturated heterocycles. The second kappa shape index (κ2) is 6.16. The molecule has 7 heteroatoms. The highest BCUT2D eigenvalue weighted by Gasteiger charge is 2.17. The average molecular weight is 332 g/mol. The molecular formula is C16H20N4O2S. The first-order valence-electron chi connectivity index (χ1n) is 7.87. The molecule has 3 heterocycles. The van der Waals surface area contributed by atoms with Crippen LogP contribution in [0.5, 0.6) is 0 Å². The smallest absolute Gasteiger partial charge is 0.291 e. The van der Waals surface area contributed by atoms with Gasteiger partial charge in [0.05, 0.1) is 0 Å². The van der Waals surface area contributed by atoms with Gasteiger partial charge in [0.25, 0.3) is 5.56 Å². The topological polar surface area (TPSA) is 59.6 Å². The summed E-state index contributed by atoms with van der Waals surface area (Å²) >= 11 is 1.59. The number of likely N-dealkylation sites (N-methyl/N-ethyl adjacent to an activating group) is 1. The Hall–Kier alpha value is -2.15. The van der Waals surface area contributed by atoms with E-state index in [1.54, 1.807) is 16.2 Å². The molecule has 3 aromatic rings. The Morgan fingerprint density at radius 3 is 2.70 bits per heavy atom. The SMILES string of the molecule is CCc1nn(CC(=O)N(CC)CC)c(=O)c2cc3ccsc3n12. The van der Waals surface area contributed by atoms with Gasteiger partial charge in [0, 0.05) is 24.9 Å². The van der Waals surface area contributed by atoms with Crippen LogP contribution in [0.15, 0.2) is 22.3 Å². The normalized spacial score (nSPS) is 11.4. The molecule has 0 N–H and O–H groups in total. The van der Waals surface area contributed by atoms with Gasteiger partial charge in [0.15, 0.2) is 0 Å². The number of carbonyl (C=O) groups excluding carboxylic acids is 1. The van der Waals surface area contributed by atoms with Gasteiger partial charge < -0.3 is 4.90 Å². The van der Waals surface area contributed by atoms with Crippen molar-refractivity contribution in [3.8, 4) is 0 Å². The zero-order chi connectivity index (χ0) is 16.6. The summed E-state index contributed by atoms with van der Waals surface area (Å²) in [6.45, 7) is 7.12. The Bertz CT molecular complexity index is 917. The van der Waals surface area contributed by atoms with Crippen molar-refractivity contribution in [1.29, 1.82) is 0 Å². The molecule has 0 unspecified atom stereocenters. The fourth-order valence-corrected chi connectivity index (χ4v) is 3.76. The summed E-state index contributed by atoms with van der Waals surface area (Å²) in [6, 6.07) is 3.88. The van der Waals surface area contributed by atoms with E-state index in [2.05, 4.69) is 5.10 Å². The number of amides is 1. The zero-order valence-electron chi connectivity index (χ0n) is 13.6. The summed E-state index contributed by atoms with van der Waals surface area (Å²) in [5.74, 6) is 0.716. The van der Waals surface area contributed by atoms with Gasteiger partial charge in [-0.2, -0.15) is 5.10 Å². The van der Waals surface area contributed by atoms with Crippen molar-refractivity contribution in [2.75, 3.05) is 13.1 Å². The van der Waals surface area contributed by atoms with E-state index in [9.17, 15) is 9.59 Å². The van der Waals surface area contributed by atoms with Gasteiger partial charge in [-0.1, -0.05) is 6.92 Å². The summed E-state index contributed by atoms with van der Waals surface area (Å²) in [5, 5.41) is 7.48. The predicted molar refractivity (Wildman–Crippen MR) is 92.1 cm³/mol. The Balaban J connectivity index is 2.13. The first-order valence-corrected chi connectivity index (χ1v) is 8.75. The zero-order valence-corrected chi connectivity index (χ0v) is 14.4. The maximum absolute atomic E-state index is 12.7. The van der Waals surface area contributed by atoms with E-state index >= 15 is 0 Å². The lowest BCUT2D eigenvalue weighted by molar-refractivity contribution is -0.131. The molecule has 0 atom stereocenters. The number of thiophene rings is 1. The number of nitrogens with zero attached hydrogens (tertiary/aromatic N) is 4. The summed E-state index contributed by atoms with van der Waals surface area (Å²) in [5.41, 5.74) is 0.372. The fraction of sp³-hybridized carbons (Fsp3) is 0.438. The van der Waals surface area contributed by atoms with Crippen LogP contribution in [0.25, 0.3) is 15.7 Å². The third-order valence-electron chi connectivity index (χ3n) is 4.08. The van der Waals surface area contributed by atoms with Gasteiger partial charge in [-0.15, -0.1) is 11.3 Å². The molecule has 3 rings (SSSR count). The fourth-order valence-electron chi connectivity index (χ4n) is 2.84. The molecule has 0 aliphatic rings. The van der Waals surface area contributed by atoms with Gasteiger partial charge in [-0.3, -0.25) is 14.0 Å². The molecule has 3 aromatic heterocycles. The third-order valence-corrected chi connectivity index (χ3v) is 4.99. The van der Waals surface area contributed by atoms with E-state index in [4.69, 9.17) is 0 Å². The molecule has 0 saturated carbocycles. The minimum atomic E-state index is -0.217. The van der Waals surface area contributed by atoms with E-state index in [0.717, 1.165) is 16.0 Å².